The first-order valence-corrected chi connectivity index (χ1v) is 13.3. The molecule has 0 spiro atoms. The van der Waals surface area contributed by atoms with E-state index in [2.05, 4.69) is 0 Å². The minimum atomic E-state index is -0.451. The van der Waals surface area contributed by atoms with E-state index in [0.717, 1.165) is 51.4 Å². The topological polar surface area (TPSA) is 86.7 Å². The van der Waals surface area contributed by atoms with E-state index in [-0.39, 0.29) is 63.3 Å². The van der Waals surface area contributed by atoms with Crippen molar-refractivity contribution in [3.05, 3.63) is 58.7 Å². The third kappa shape index (κ3) is 3.30. The van der Waals surface area contributed by atoms with Crippen molar-refractivity contribution in [2.24, 2.45) is 35.5 Å². The van der Waals surface area contributed by atoms with Crippen LogP contribution in [0.2, 0.25) is 0 Å². The number of fused-ring (bicyclic) bond motifs is 4. The number of carbonyl (C=O) groups is 4. The molecule has 2 aromatic rings. The molecule has 184 valence electrons. The Morgan fingerprint density at radius 1 is 0.583 bits per heavy atom. The first kappa shape index (κ1) is 22.0. The van der Waals surface area contributed by atoms with E-state index in [4.69, 9.17) is 9.47 Å². The molecule has 5 aliphatic rings. The summed E-state index contributed by atoms with van der Waals surface area (Å²) in [4.78, 5) is 53.2. The van der Waals surface area contributed by atoms with Gasteiger partial charge in [-0.3, -0.25) is 19.2 Å². The first-order chi connectivity index (χ1) is 17.5. The number of carbonyl (C=O) groups excluding carboxylic acids is 4. The Hall–Kier alpha value is -3.28. The van der Waals surface area contributed by atoms with Crippen LogP contribution in [0.25, 0.3) is 0 Å². The van der Waals surface area contributed by atoms with Crippen LogP contribution in [-0.4, -0.2) is 23.5 Å². The number of ketones is 2. The third-order valence-electron chi connectivity index (χ3n) is 9.27. The molecule has 6 heteroatoms. The van der Waals surface area contributed by atoms with E-state index in [9.17, 15) is 19.2 Å². The van der Waals surface area contributed by atoms with Crippen LogP contribution in [0.15, 0.2) is 36.4 Å². The summed E-state index contributed by atoms with van der Waals surface area (Å²) in [7, 11) is 0. The smallest absolute Gasteiger partial charge is 0.314 e. The summed E-state index contributed by atoms with van der Waals surface area (Å²) in [5, 5.41) is 0. The van der Waals surface area contributed by atoms with Gasteiger partial charge in [0.2, 0.25) is 5.78 Å². The van der Waals surface area contributed by atoms with Crippen LogP contribution in [0.3, 0.4) is 0 Å². The lowest BCUT2D eigenvalue weighted by Crippen LogP contribution is -2.25. The van der Waals surface area contributed by atoms with Gasteiger partial charge in [0.1, 0.15) is 11.5 Å². The van der Waals surface area contributed by atoms with Gasteiger partial charge in [-0.05, 0) is 61.5 Å². The highest BCUT2D eigenvalue weighted by molar-refractivity contribution is 6.30. The number of esters is 2. The van der Waals surface area contributed by atoms with E-state index in [1.807, 2.05) is 0 Å². The van der Waals surface area contributed by atoms with Crippen molar-refractivity contribution < 1.29 is 28.7 Å². The summed E-state index contributed by atoms with van der Waals surface area (Å²) < 4.78 is 11.6. The molecule has 5 aliphatic carbocycles. The van der Waals surface area contributed by atoms with Crippen molar-refractivity contribution >= 4 is 23.5 Å². The van der Waals surface area contributed by atoms with Crippen LogP contribution in [0.1, 0.15) is 83.2 Å². The molecule has 0 saturated heterocycles. The second kappa shape index (κ2) is 8.12. The van der Waals surface area contributed by atoms with Gasteiger partial charge in [0.25, 0.3) is 0 Å². The maximum atomic E-state index is 13.8. The zero-order valence-corrected chi connectivity index (χ0v) is 20.0. The zero-order valence-electron chi connectivity index (χ0n) is 20.0. The van der Waals surface area contributed by atoms with Crippen molar-refractivity contribution in [1.29, 1.82) is 0 Å². The molecule has 4 saturated carbocycles. The average Bonchev–Trinajstić information content (AvgIpc) is 3.80. The van der Waals surface area contributed by atoms with Gasteiger partial charge in [0.05, 0.1) is 23.0 Å². The summed E-state index contributed by atoms with van der Waals surface area (Å²) >= 11 is 0. The molecule has 7 rings (SSSR count). The fraction of sp³-hybridized carbons (Fsp3) is 0.467. The molecule has 0 radical (unpaired) electrons. The number of ether oxygens (including phenoxy) is 2. The Bertz CT molecular complexity index is 1200. The van der Waals surface area contributed by atoms with Crippen LogP contribution < -0.4 is 9.47 Å². The lowest BCUT2D eigenvalue weighted by molar-refractivity contribution is -0.137. The highest BCUT2D eigenvalue weighted by atomic mass is 16.5. The molecule has 4 fully saturated rings. The van der Waals surface area contributed by atoms with E-state index >= 15 is 0 Å². The van der Waals surface area contributed by atoms with Gasteiger partial charge in [0, 0.05) is 11.1 Å². The number of rotatable bonds is 4. The summed E-state index contributed by atoms with van der Waals surface area (Å²) in [5.41, 5.74) is 0.580. The Morgan fingerprint density at radius 2 is 0.972 bits per heavy atom. The van der Waals surface area contributed by atoms with E-state index in [1.54, 1.807) is 36.4 Å². The second-order valence-electron chi connectivity index (χ2n) is 11.1. The normalized spacial score (nSPS) is 31.3. The molecule has 0 aromatic heterocycles. The summed E-state index contributed by atoms with van der Waals surface area (Å²) in [5.74, 6) is 0.0587. The number of hydrogen-bond acceptors (Lipinski definition) is 6. The average molecular weight is 485 g/mol. The van der Waals surface area contributed by atoms with Crippen molar-refractivity contribution in [3.63, 3.8) is 0 Å². The van der Waals surface area contributed by atoms with E-state index in [1.165, 1.54) is 0 Å². The minimum Gasteiger partial charge on any atom is -0.425 e. The molecule has 0 N–H and O–H groups in total. The van der Waals surface area contributed by atoms with Gasteiger partial charge in [-0.1, -0.05) is 49.9 Å². The predicted molar refractivity (Wildman–Crippen MR) is 129 cm³/mol. The lowest BCUT2D eigenvalue weighted by Gasteiger charge is -2.21. The van der Waals surface area contributed by atoms with Crippen LogP contribution in [0.4, 0.5) is 0 Å². The van der Waals surface area contributed by atoms with Gasteiger partial charge >= 0.3 is 11.9 Å². The van der Waals surface area contributed by atoms with Crippen LogP contribution in [0.5, 0.6) is 11.5 Å². The first-order valence-electron chi connectivity index (χ1n) is 13.3. The largest absolute Gasteiger partial charge is 0.425 e. The summed E-state index contributed by atoms with van der Waals surface area (Å²) in [6.45, 7) is 0. The van der Waals surface area contributed by atoms with Crippen molar-refractivity contribution in [3.8, 4) is 11.5 Å². The minimum absolute atomic E-state index is 0.0792. The predicted octanol–water partition coefficient (Wildman–Crippen LogP) is 5.15. The molecule has 36 heavy (non-hydrogen) atoms. The molecule has 5 atom stereocenters. The van der Waals surface area contributed by atoms with Crippen LogP contribution in [-0.2, 0) is 9.59 Å². The van der Waals surface area contributed by atoms with Crippen molar-refractivity contribution in [1.82, 2.24) is 0 Å². The lowest BCUT2D eigenvalue weighted by atomic mass is 9.83. The molecule has 0 aliphatic heterocycles. The molecule has 2 aromatic carbocycles. The maximum absolute atomic E-state index is 13.8. The summed E-state index contributed by atoms with van der Waals surface area (Å²) in [6, 6.07) is 9.58. The molecular weight excluding hydrogens is 456 g/mol. The van der Waals surface area contributed by atoms with E-state index in [0.29, 0.717) is 23.7 Å². The Kier molecular flexibility index (Phi) is 4.95. The second-order valence-corrected chi connectivity index (χ2v) is 11.1. The maximum Gasteiger partial charge on any atom is 0.314 e. The Labute approximate surface area is 209 Å². The van der Waals surface area contributed by atoms with Crippen LogP contribution in [0, 0.1) is 35.5 Å². The molecule has 0 bridgehead atoms. The van der Waals surface area contributed by atoms with Gasteiger partial charge in [-0.15, -0.1) is 0 Å². The number of benzene rings is 2. The highest BCUT2D eigenvalue weighted by Crippen LogP contribution is 2.57. The Morgan fingerprint density at radius 3 is 1.36 bits per heavy atom. The zero-order chi connectivity index (χ0) is 24.6. The number of hydrogen-bond donors (Lipinski definition) is 0. The standard InChI is InChI=1S/C30H28O6/c31-27-19-11-5-13-21(35-29(33)23-15-7-1-2-8-16(15)23)25(19)28(32)26-20(27)12-6-14-22(26)36-30(34)24-17-9-3-4-10-18(17)24/h5-6,11-18,23-24H,1-4,7-10H2/t15-,16-,17-,18+,24?/m1/s1. The quantitative estimate of drug-likeness (QED) is 0.376. The monoisotopic (exact) mass is 484 g/mol. The van der Waals surface area contributed by atoms with Gasteiger partial charge in [0.15, 0.2) is 5.78 Å². The molecular formula is C30H28O6. The SMILES string of the molecule is O=C1c2cccc(OC(=O)C3[C@H]4CCCC[C@@H]34)c2C(=O)c2c(OC(=O)C3[C@@H]4CCCC[C@@H]34)cccc21. The van der Waals surface area contributed by atoms with Gasteiger partial charge < -0.3 is 9.47 Å². The van der Waals surface area contributed by atoms with E-state index < -0.39 is 5.78 Å². The molecule has 0 amide bonds. The fourth-order valence-corrected chi connectivity index (χ4v) is 7.39. The van der Waals surface area contributed by atoms with Gasteiger partial charge in [-0.25, -0.2) is 0 Å². The van der Waals surface area contributed by atoms with Crippen molar-refractivity contribution in [2.45, 2.75) is 51.4 Å². The molecule has 6 nitrogen and oxygen atoms in total. The summed E-state index contributed by atoms with van der Waals surface area (Å²) in [6.07, 6.45) is 8.72. The third-order valence-corrected chi connectivity index (χ3v) is 9.27. The highest BCUT2D eigenvalue weighted by Gasteiger charge is 2.57. The Balaban J connectivity index is 1.19. The van der Waals surface area contributed by atoms with Crippen LogP contribution >= 0.6 is 0 Å². The molecule has 1 unspecified atom stereocenters. The molecule has 0 heterocycles. The fourth-order valence-electron chi connectivity index (χ4n) is 7.39. The van der Waals surface area contributed by atoms with Crippen molar-refractivity contribution in [2.75, 3.05) is 0 Å². The van der Waals surface area contributed by atoms with Gasteiger partial charge in [-0.2, -0.15) is 0 Å².